The lowest BCUT2D eigenvalue weighted by atomic mass is 10.2. The van der Waals surface area contributed by atoms with Gasteiger partial charge in [0, 0.05) is 22.5 Å². The molecule has 0 atom stereocenters. The SMILES string of the molecule is NC(=O)c1ccc(SO)cc1. The summed E-state index contributed by atoms with van der Waals surface area (Å²) in [5, 5.41) is 0. The Hall–Kier alpha value is -1.00. The molecule has 0 unspecified atom stereocenters. The number of rotatable bonds is 2. The van der Waals surface area contributed by atoms with Crippen molar-refractivity contribution in [1.82, 2.24) is 0 Å². The highest BCUT2D eigenvalue weighted by molar-refractivity contribution is 7.93. The van der Waals surface area contributed by atoms with Crippen LogP contribution < -0.4 is 5.73 Å². The van der Waals surface area contributed by atoms with Crippen LogP contribution in [0, 0.1) is 0 Å². The maximum absolute atomic E-state index is 10.6. The third-order valence-corrected chi connectivity index (χ3v) is 1.73. The molecule has 0 spiro atoms. The first-order valence-corrected chi connectivity index (χ1v) is 3.72. The molecule has 1 aromatic rings. The van der Waals surface area contributed by atoms with Crippen LogP contribution in [0.25, 0.3) is 0 Å². The Balaban J connectivity index is 2.91. The Kier molecular flexibility index (Phi) is 2.51. The van der Waals surface area contributed by atoms with E-state index in [-0.39, 0.29) is 0 Å². The molecule has 11 heavy (non-hydrogen) atoms. The summed E-state index contributed by atoms with van der Waals surface area (Å²) in [7, 11) is 0. The van der Waals surface area contributed by atoms with Crippen LogP contribution in [0.1, 0.15) is 10.4 Å². The van der Waals surface area contributed by atoms with Gasteiger partial charge in [-0.1, -0.05) is 0 Å². The summed E-state index contributed by atoms with van der Waals surface area (Å²) in [4.78, 5) is 11.2. The van der Waals surface area contributed by atoms with Gasteiger partial charge in [-0.05, 0) is 24.3 Å². The molecule has 0 bridgehead atoms. The van der Waals surface area contributed by atoms with E-state index in [1.807, 2.05) is 0 Å². The minimum atomic E-state index is -0.459. The van der Waals surface area contributed by atoms with Crippen molar-refractivity contribution in [3.05, 3.63) is 29.8 Å². The fraction of sp³-hybridized carbons (Fsp3) is 0. The highest BCUT2D eigenvalue weighted by atomic mass is 32.2. The Morgan fingerprint density at radius 2 is 1.91 bits per heavy atom. The first-order chi connectivity index (χ1) is 5.24. The van der Waals surface area contributed by atoms with Gasteiger partial charge < -0.3 is 10.3 Å². The molecule has 0 aliphatic carbocycles. The van der Waals surface area contributed by atoms with Crippen LogP contribution in [0.5, 0.6) is 0 Å². The minimum Gasteiger partial charge on any atom is -0.366 e. The van der Waals surface area contributed by atoms with Gasteiger partial charge in [-0.25, -0.2) is 0 Å². The predicted octanol–water partition coefficient (Wildman–Crippen LogP) is 1.35. The van der Waals surface area contributed by atoms with Gasteiger partial charge in [0.15, 0.2) is 0 Å². The summed E-state index contributed by atoms with van der Waals surface area (Å²) in [5.41, 5.74) is 5.44. The van der Waals surface area contributed by atoms with Crippen molar-refractivity contribution in [3.63, 3.8) is 0 Å². The molecule has 3 N–H and O–H groups in total. The van der Waals surface area contributed by atoms with Crippen molar-refractivity contribution in [2.45, 2.75) is 4.90 Å². The van der Waals surface area contributed by atoms with Gasteiger partial charge in [-0.2, -0.15) is 0 Å². The van der Waals surface area contributed by atoms with E-state index in [9.17, 15) is 4.79 Å². The van der Waals surface area contributed by atoms with E-state index in [2.05, 4.69) is 0 Å². The molecule has 4 heteroatoms. The number of carbonyl (C=O) groups is 1. The monoisotopic (exact) mass is 169 g/mol. The van der Waals surface area contributed by atoms with E-state index in [0.29, 0.717) is 22.5 Å². The van der Waals surface area contributed by atoms with Gasteiger partial charge in [0.2, 0.25) is 5.91 Å². The molecule has 0 saturated heterocycles. The van der Waals surface area contributed by atoms with Gasteiger partial charge in [0.1, 0.15) is 0 Å². The van der Waals surface area contributed by atoms with E-state index >= 15 is 0 Å². The normalized spacial score (nSPS) is 9.55. The summed E-state index contributed by atoms with van der Waals surface area (Å²) in [5.74, 6) is -0.459. The topological polar surface area (TPSA) is 63.3 Å². The van der Waals surface area contributed by atoms with Gasteiger partial charge in [0.05, 0.1) is 0 Å². The van der Waals surface area contributed by atoms with Crippen LogP contribution in [-0.4, -0.2) is 10.5 Å². The van der Waals surface area contributed by atoms with Gasteiger partial charge in [-0.3, -0.25) is 4.79 Å². The van der Waals surface area contributed by atoms with Crippen LogP contribution >= 0.6 is 12.0 Å². The molecule has 0 radical (unpaired) electrons. The average molecular weight is 169 g/mol. The lowest BCUT2D eigenvalue weighted by Gasteiger charge is -1.95. The number of benzene rings is 1. The minimum absolute atomic E-state index is 0.447. The summed E-state index contributed by atoms with van der Waals surface area (Å²) >= 11 is 0.637. The molecule has 0 aromatic heterocycles. The van der Waals surface area contributed by atoms with Gasteiger partial charge in [-0.15, -0.1) is 0 Å². The third kappa shape index (κ3) is 1.96. The van der Waals surface area contributed by atoms with Crippen molar-refractivity contribution in [1.29, 1.82) is 0 Å². The Labute approximate surface area is 68.4 Å². The first kappa shape index (κ1) is 8.10. The molecule has 0 saturated carbocycles. The number of primary amides is 1. The highest BCUT2D eigenvalue weighted by Gasteiger charge is 1.98. The molecule has 0 heterocycles. The maximum Gasteiger partial charge on any atom is 0.248 e. The second-order valence-electron chi connectivity index (χ2n) is 1.98. The van der Waals surface area contributed by atoms with E-state index in [4.69, 9.17) is 10.3 Å². The molecule has 3 nitrogen and oxygen atoms in total. The number of hydrogen-bond acceptors (Lipinski definition) is 3. The fourth-order valence-corrected chi connectivity index (χ4v) is 0.938. The van der Waals surface area contributed by atoms with Crippen molar-refractivity contribution in [2.24, 2.45) is 5.73 Å². The lowest BCUT2D eigenvalue weighted by Crippen LogP contribution is -2.10. The van der Waals surface area contributed by atoms with Gasteiger partial charge >= 0.3 is 0 Å². The van der Waals surface area contributed by atoms with E-state index in [1.165, 1.54) is 0 Å². The zero-order valence-electron chi connectivity index (χ0n) is 5.65. The summed E-state index contributed by atoms with van der Waals surface area (Å²) in [6, 6.07) is 6.40. The number of hydrogen-bond donors (Lipinski definition) is 2. The van der Waals surface area contributed by atoms with Crippen LogP contribution in [-0.2, 0) is 0 Å². The fourth-order valence-electron chi connectivity index (χ4n) is 0.680. The molecule has 1 aromatic carbocycles. The third-order valence-electron chi connectivity index (χ3n) is 1.24. The molecular formula is C7H7NO2S. The number of carbonyl (C=O) groups excluding carboxylic acids is 1. The highest BCUT2D eigenvalue weighted by Crippen LogP contribution is 2.13. The number of amides is 1. The molecule has 0 aliphatic heterocycles. The summed E-state index contributed by atoms with van der Waals surface area (Å²) in [6.45, 7) is 0. The largest absolute Gasteiger partial charge is 0.366 e. The molecule has 1 rings (SSSR count). The second kappa shape index (κ2) is 3.41. The lowest BCUT2D eigenvalue weighted by molar-refractivity contribution is 0.1000. The first-order valence-electron chi connectivity index (χ1n) is 2.95. The molecule has 0 fully saturated rings. The Morgan fingerprint density at radius 1 is 1.36 bits per heavy atom. The Bertz CT molecular complexity index is 258. The van der Waals surface area contributed by atoms with Crippen LogP contribution in [0.15, 0.2) is 29.2 Å². The average Bonchev–Trinajstić information content (AvgIpc) is 2.05. The van der Waals surface area contributed by atoms with E-state index in [1.54, 1.807) is 24.3 Å². The second-order valence-corrected chi connectivity index (χ2v) is 2.63. The zero-order valence-corrected chi connectivity index (χ0v) is 6.47. The predicted molar refractivity (Wildman–Crippen MR) is 43.4 cm³/mol. The zero-order chi connectivity index (χ0) is 8.27. The smallest absolute Gasteiger partial charge is 0.248 e. The van der Waals surface area contributed by atoms with E-state index in [0.717, 1.165) is 0 Å². The van der Waals surface area contributed by atoms with Crippen LogP contribution in [0.4, 0.5) is 0 Å². The molecule has 1 amide bonds. The number of nitrogens with two attached hydrogens (primary N) is 1. The maximum atomic E-state index is 10.6. The van der Waals surface area contributed by atoms with Crippen molar-refractivity contribution >= 4 is 17.9 Å². The van der Waals surface area contributed by atoms with Crippen LogP contribution in [0.3, 0.4) is 0 Å². The quantitative estimate of drug-likeness (QED) is 0.657. The van der Waals surface area contributed by atoms with Crippen molar-refractivity contribution in [2.75, 3.05) is 0 Å². The van der Waals surface area contributed by atoms with Crippen LogP contribution in [0.2, 0.25) is 0 Å². The molecular weight excluding hydrogens is 162 g/mol. The Morgan fingerprint density at radius 3 is 2.27 bits per heavy atom. The van der Waals surface area contributed by atoms with Crippen molar-refractivity contribution in [3.8, 4) is 0 Å². The van der Waals surface area contributed by atoms with Gasteiger partial charge in [0.25, 0.3) is 0 Å². The molecule has 0 aliphatic rings. The summed E-state index contributed by atoms with van der Waals surface area (Å²) in [6.07, 6.45) is 0. The summed E-state index contributed by atoms with van der Waals surface area (Å²) < 4.78 is 8.57. The van der Waals surface area contributed by atoms with E-state index < -0.39 is 5.91 Å². The molecule has 58 valence electrons. The standard InChI is InChI=1S/C7H7NO2S/c8-7(9)5-1-3-6(11-10)4-2-5/h1-4,10H,(H2,8,9). The van der Waals surface area contributed by atoms with Crippen molar-refractivity contribution < 1.29 is 9.35 Å².